The standard InChI is InChI=1S/C19H15ClO/c20-18-10-9-16(14-7-3-4-8-15(14)18)19(21)17-11-12-5-1-2-6-13(12)17/h1-10,17,19,21H,11H2. The normalized spacial score (nSPS) is 18.1. The lowest BCUT2D eigenvalue weighted by Gasteiger charge is -2.34. The molecule has 1 aliphatic carbocycles. The number of aliphatic hydroxyl groups excluding tert-OH is 1. The van der Waals surface area contributed by atoms with Gasteiger partial charge in [-0.1, -0.05) is 66.2 Å². The molecule has 0 aromatic heterocycles. The van der Waals surface area contributed by atoms with Crippen LogP contribution in [0.25, 0.3) is 10.8 Å². The van der Waals surface area contributed by atoms with Crippen molar-refractivity contribution in [3.05, 3.63) is 82.4 Å². The molecule has 1 nitrogen and oxygen atoms in total. The van der Waals surface area contributed by atoms with Crippen LogP contribution in [0, 0.1) is 0 Å². The third-order valence-corrected chi connectivity index (χ3v) is 4.83. The number of fused-ring (bicyclic) bond motifs is 2. The minimum atomic E-state index is -0.484. The summed E-state index contributed by atoms with van der Waals surface area (Å²) in [5.74, 6) is 0.186. The van der Waals surface area contributed by atoms with Gasteiger partial charge >= 0.3 is 0 Å². The average Bonchev–Trinajstić information content (AvgIpc) is 2.49. The summed E-state index contributed by atoms with van der Waals surface area (Å²) in [7, 11) is 0. The first-order valence-corrected chi connectivity index (χ1v) is 7.56. The van der Waals surface area contributed by atoms with Crippen molar-refractivity contribution in [1.29, 1.82) is 0 Å². The van der Waals surface area contributed by atoms with E-state index in [9.17, 15) is 5.11 Å². The van der Waals surface area contributed by atoms with Crippen LogP contribution in [-0.4, -0.2) is 5.11 Å². The highest BCUT2D eigenvalue weighted by Gasteiger charge is 2.33. The SMILES string of the molecule is OC(c1ccc(Cl)c2ccccc12)C1Cc2ccccc21. The molecule has 0 radical (unpaired) electrons. The summed E-state index contributed by atoms with van der Waals surface area (Å²) in [6.07, 6.45) is 0.455. The third kappa shape index (κ3) is 1.97. The predicted molar refractivity (Wildman–Crippen MR) is 86.8 cm³/mol. The van der Waals surface area contributed by atoms with Gasteiger partial charge in [0.25, 0.3) is 0 Å². The molecule has 104 valence electrons. The van der Waals surface area contributed by atoms with E-state index >= 15 is 0 Å². The maximum atomic E-state index is 10.8. The fourth-order valence-electron chi connectivity index (χ4n) is 3.34. The fourth-order valence-corrected chi connectivity index (χ4v) is 3.57. The van der Waals surface area contributed by atoms with Gasteiger partial charge < -0.3 is 5.11 Å². The Hall–Kier alpha value is -1.83. The van der Waals surface area contributed by atoms with E-state index in [0.717, 1.165) is 27.8 Å². The van der Waals surface area contributed by atoms with Crippen LogP contribution in [-0.2, 0) is 6.42 Å². The summed E-state index contributed by atoms with van der Waals surface area (Å²) in [6.45, 7) is 0. The summed E-state index contributed by atoms with van der Waals surface area (Å²) in [6, 6.07) is 20.2. The summed E-state index contributed by atoms with van der Waals surface area (Å²) < 4.78 is 0. The Labute approximate surface area is 128 Å². The highest BCUT2D eigenvalue weighted by molar-refractivity contribution is 6.35. The summed E-state index contributed by atoms with van der Waals surface area (Å²) in [5.41, 5.74) is 3.58. The first-order valence-electron chi connectivity index (χ1n) is 7.19. The van der Waals surface area contributed by atoms with Gasteiger partial charge in [0.05, 0.1) is 6.10 Å². The van der Waals surface area contributed by atoms with E-state index in [1.807, 2.05) is 42.5 Å². The number of hydrogen-bond acceptors (Lipinski definition) is 1. The summed E-state index contributed by atoms with van der Waals surface area (Å²) in [5, 5.41) is 13.6. The molecule has 0 heterocycles. The van der Waals surface area contributed by atoms with E-state index < -0.39 is 6.10 Å². The Morgan fingerprint density at radius 1 is 0.905 bits per heavy atom. The molecule has 2 unspecified atom stereocenters. The second-order valence-electron chi connectivity index (χ2n) is 5.64. The molecule has 1 aliphatic rings. The van der Waals surface area contributed by atoms with Gasteiger partial charge in [0.2, 0.25) is 0 Å². The van der Waals surface area contributed by atoms with E-state index in [2.05, 4.69) is 18.2 Å². The highest BCUT2D eigenvalue weighted by atomic mass is 35.5. The zero-order chi connectivity index (χ0) is 14.4. The average molecular weight is 295 g/mol. The van der Waals surface area contributed by atoms with Crippen LogP contribution in [0.1, 0.15) is 28.7 Å². The molecule has 0 aliphatic heterocycles. The molecule has 0 bridgehead atoms. The van der Waals surface area contributed by atoms with E-state index in [-0.39, 0.29) is 5.92 Å². The number of hydrogen-bond donors (Lipinski definition) is 1. The van der Waals surface area contributed by atoms with Gasteiger partial charge in [-0.15, -0.1) is 0 Å². The molecule has 2 atom stereocenters. The van der Waals surface area contributed by atoms with E-state index in [1.54, 1.807) is 0 Å². The molecule has 0 saturated carbocycles. The first-order chi connectivity index (χ1) is 10.3. The van der Waals surface area contributed by atoms with Crippen LogP contribution < -0.4 is 0 Å². The van der Waals surface area contributed by atoms with Crippen molar-refractivity contribution in [2.75, 3.05) is 0 Å². The summed E-state index contributed by atoms with van der Waals surface area (Å²) in [4.78, 5) is 0. The number of aliphatic hydroxyl groups is 1. The van der Waals surface area contributed by atoms with E-state index in [1.165, 1.54) is 11.1 Å². The molecule has 0 fully saturated rings. The zero-order valence-electron chi connectivity index (χ0n) is 11.5. The molecular formula is C19H15ClO. The van der Waals surface area contributed by atoms with Crippen molar-refractivity contribution in [2.24, 2.45) is 0 Å². The fraction of sp³-hybridized carbons (Fsp3) is 0.158. The Balaban J connectivity index is 1.80. The van der Waals surface area contributed by atoms with E-state index in [0.29, 0.717) is 0 Å². The van der Waals surface area contributed by atoms with Gasteiger partial charge in [-0.3, -0.25) is 0 Å². The number of rotatable bonds is 2. The zero-order valence-corrected chi connectivity index (χ0v) is 12.2. The maximum absolute atomic E-state index is 10.8. The van der Waals surface area contributed by atoms with Gasteiger partial charge in [-0.05, 0) is 34.6 Å². The molecular weight excluding hydrogens is 280 g/mol. The van der Waals surface area contributed by atoms with Gasteiger partial charge in [-0.25, -0.2) is 0 Å². The smallest absolute Gasteiger partial charge is 0.0867 e. The van der Waals surface area contributed by atoms with Crippen LogP contribution in [0.5, 0.6) is 0 Å². The Morgan fingerprint density at radius 3 is 2.43 bits per heavy atom. The van der Waals surface area contributed by atoms with Crippen LogP contribution >= 0.6 is 11.6 Å². The van der Waals surface area contributed by atoms with Gasteiger partial charge in [0, 0.05) is 16.3 Å². The molecule has 3 aromatic rings. The molecule has 1 N–H and O–H groups in total. The van der Waals surface area contributed by atoms with Crippen LogP contribution in [0.3, 0.4) is 0 Å². The number of halogens is 1. The van der Waals surface area contributed by atoms with Gasteiger partial charge in [0.1, 0.15) is 0 Å². The molecule has 0 saturated heterocycles. The maximum Gasteiger partial charge on any atom is 0.0867 e. The third-order valence-electron chi connectivity index (χ3n) is 4.50. The second-order valence-corrected chi connectivity index (χ2v) is 6.04. The molecule has 3 aromatic carbocycles. The van der Waals surface area contributed by atoms with Crippen molar-refractivity contribution in [3.8, 4) is 0 Å². The van der Waals surface area contributed by atoms with Crippen molar-refractivity contribution >= 4 is 22.4 Å². The Kier molecular flexibility index (Phi) is 2.99. The lowest BCUT2D eigenvalue weighted by molar-refractivity contribution is 0.136. The molecule has 4 rings (SSSR count). The molecule has 0 spiro atoms. The second kappa shape index (κ2) is 4.87. The topological polar surface area (TPSA) is 20.2 Å². The Bertz CT molecular complexity index is 825. The van der Waals surface area contributed by atoms with Crippen molar-refractivity contribution < 1.29 is 5.11 Å². The van der Waals surface area contributed by atoms with Gasteiger partial charge in [0.15, 0.2) is 0 Å². The molecule has 21 heavy (non-hydrogen) atoms. The van der Waals surface area contributed by atoms with Crippen LogP contribution in [0.4, 0.5) is 0 Å². The van der Waals surface area contributed by atoms with Crippen LogP contribution in [0.15, 0.2) is 60.7 Å². The monoisotopic (exact) mass is 294 g/mol. The largest absolute Gasteiger partial charge is 0.388 e. The number of benzene rings is 3. The minimum absolute atomic E-state index is 0.186. The van der Waals surface area contributed by atoms with E-state index in [4.69, 9.17) is 11.6 Å². The summed E-state index contributed by atoms with van der Waals surface area (Å²) >= 11 is 6.26. The molecule has 0 amide bonds. The van der Waals surface area contributed by atoms with Crippen molar-refractivity contribution in [1.82, 2.24) is 0 Å². The van der Waals surface area contributed by atoms with Crippen LogP contribution in [0.2, 0.25) is 5.02 Å². The quantitative estimate of drug-likeness (QED) is 0.715. The van der Waals surface area contributed by atoms with Gasteiger partial charge in [-0.2, -0.15) is 0 Å². The lowest BCUT2D eigenvalue weighted by Crippen LogP contribution is -2.23. The minimum Gasteiger partial charge on any atom is -0.388 e. The predicted octanol–water partition coefficient (Wildman–Crippen LogP) is 4.87. The highest BCUT2D eigenvalue weighted by Crippen LogP contribution is 2.45. The lowest BCUT2D eigenvalue weighted by atomic mass is 9.72. The van der Waals surface area contributed by atoms with Crippen molar-refractivity contribution in [2.45, 2.75) is 18.4 Å². The van der Waals surface area contributed by atoms with Crippen molar-refractivity contribution in [3.63, 3.8) is 0 Å². The Morgan fingerprint density at radius 2 is 1.62 bits per heavy atom. The first kappa shape index (κ1) is 12.9. The molecule has 2 heteroatoms.